The van der Waals surface area contributed by atoms with Crippen LogP contribution in [0.5, 0.6) is 0 Å². The van der Waals surface area contributed by atoms with Crippen molar-refractivity contribution in [3.8, 4) is 0 Å². The topological polar surface area (TPSA) is 76.1 Å². The lowest BCUT2D eigenvalue weighted by Gasteiger charge is -2.44. The van der Waals surface area contributed by atoms with Crippen LogP contribution in [0.2, 0.25) is 0 Å². The van der Waals surface area contributed by atoms with Gasteiger partial charge in [-0.1, -0.05) is 60.7 Å². The van der Waals surface area contributed by atoms with Crippen molar-refractivity contribution in [3.05, 3.63) is 82.4 Å². The maximum Gasteiger partial charge on any atom is 0.356 e. The van der Waals surface area contributed by atoms with Gasteiger partial charge in [-0.05, 0) is 43.6 Å². The number of fused-ring (bicyclic) bond motifs is 1. The van der Waals surface area contributed by atoms with Crippen LogP contribution in [0.25, 0.3) is 0 Å². The molecule has 3 unspecified atom stereocenters. The zero-order chi connectivity index (χ0) is 24.8. The van der Waals surface area contributed by atoms with Crippen LogP contribution < -0.4 is 0 Å². The molecule has 1 amide bonds. The lowest BCUT2D eigenvalue weighted by Crippen LogP contribution is -2.61. The normalized spacial score (nSPS) is 20.1. The van der Waals surface area contributed by atoms with Gasteiger partial charge in [0.05, 0.1) is 18.1 Å². The number of unbranched alkanes of at least 4 members (excludes halogenated alkanes) is 1. The van der Waals surface area contributed by atoms with Crippen LogP contribution in [0.4, 0.5) is 0 Å². The average Bonchev–Trinajstić information content (AvgIpc) is 3.19. The van der Waals surface area contributed by atoms with E-state index in [1.165, 1.54) is 0 Å². The number of amides is 1. The number of aliphatic hydroxyl groups excluding tert-OH is 1. The monoisotopic (exact) mass is 495 g/mol. The lowest BCUT2D eigenvalue weighted by molar-refractivity contribution is -0.163. The summed E-state index contributed by atoms with van der Waals surface area (Å²) in [5, 5.41) is 10.1. The van der Waals surface area contributed by atoms with E-state index in [1.807, 2.05) is 67.6 Å². The first-order chi connectivity index (χ1) is 17.0. The van der Waals surface area contributed by atoms with Crippen LogP contribution in [0, 0.1) is 5.92 Å². The number of carbonyl (C=O) groups excluding carboxylic acids is 2. The fourth-order valence-corrected chi connectivity index (χ4v) is 5.94. The highest BCUT2D eigenvalue weighted by Gasteiger charge is 2.57. The maximum absolute atomic E-state index is 13.6. The Kier molecular flexibility index (Phi) is 8.65. The number of hydrogen-bond acceptors (Lipinski definition) is 6. The van der Waals surface area contributed by atoms with Gasteiger partial charge in [0.15, 0.2) is 6.10 Å². The zero-order valence-electron chi connectivity index (χ0n) is 20.3. The Labute approximate surface area is 211 Å². The number of hydrogen-bond donors (Lipinski definition) is 1. The van der Waals surface area contributed by atoms with E-state index < -0.39 is 24.1 Å². The van der Waals surface area contributed by atoms with E-state index in [-0.39, 0.29) is 11.9 Å². The number of benzene rings is 2. The molecule has 2 aromatic rings. The highest BCUT2D eigenvalue weighted by molar-refractivity contribution is 8.03. The number of β-lactam (4-membered cyclic amide) rings is 1. The average molecular weight is 496 g/mol. The number of aliphatic hydroxyl groups is 1. The van der Waals surface area contributed by atoms with Gasteiger partial charge in [0, 0.05) is 24.5 Å². The van der Waals surface area contributed by atoms with Crippen LogP contribution in [-0.2, 0) is 19.1 Å². The third kappa shape index (κ3) is 5.63. The van der Waals surface area contributed by atoms with Crippen molar-refractivity contribution in [1.29, 1.82) is 0 Å². The molecule has 0 aromatic heterocycles. The molecule has 0 bridgehead atoms. The highest BCUT2D eigenvalue weighted by atomic mass is 32.2. The van der Waals surface area contributed by atoms with Crippen molar-refractivity contribution in [3.63, 3.8) is 0 Å². The number of ether oxygens (including phenoxy) is 2. The minimum absolute atomic E-state index is 0.192. The summed E-state index contributed by atoms with van der Waals surface area (Å²) >= 11 is 1.61. The van der Waals surface area contributed by atoms with Crippen LogP contribution in [0.15, 0.2) is 71.3 Å². The first-order valence-corrected chi connectivity index (χ1v) is 13.3. The predicted octanol–water partition coefficient (Wildman–Crippen LogP) is 4.69. The number of carbonyl (C=O) groups is 2. The fourth-order valence-electron chi connectivity index (χ4n) is 4.74. The van der Waals surface area contributed by atoms with Gasteiger partial charge in [0.25, 0.3) is 0 Å². The Bertz CT molecular complexity index is 1000. The summed E-state index contributed by atoms with van der Waals surface area (Å²) in [5.41, 5.74) is 2.07. The van der Waals surface area contributed by atoms with Crippen LogP contribution in [0.1, 0.15) is 50.3 Å². The molecule has 2 aromatic carbocycles. The van der Waals surface area contributed by atoms with Crippen molar-refractivity contribution in [1.82, 2.24) is 4.90 Å². The zero-order valence-corrected chi connectivity index (χ0v) is 21.1. The van der Waals surface area contributed by atoms with E-state index in [0.29, 0.717) is 18.7 Å². The molecule has 0 aliphatic carbocycles. The molecule has 186 valence electrons. The molecule has 1 fully saturated rings. The number of nitrogens with zero attached hydrogens (tertiary/aromatic N) is 1. The standard InChI is InChI=1S/C28H33NO5S/c1-3-33-16-10-11-17-35-23-18-22-24(19(2)30)27(31)29(22)25(23)28(32)34-26(20-12-6-4-7-13-20)21-14-8-5-9-15-21/h4-9,12-15,19,22,24,26,30H,3,10-11,16-18H2,1-2H3. The molecule has 1 saturated heterocycles. The summed E-state index contributed by atoms with van der Waals surface area (Å²) in [7, 11) is 0. The Morgan fingerprint density at radius 1 is 1.09 bits per heavy atom. The summed E-state index contributed by atoms with van der Waals surface area (Å²) < 4.78 is 11.5. The molecule has 0 spiro atoms. The van der Waals surface area contributed by atoms with Gasteiger partial charge in [-0.3, -0.25) is 4.79 Å². The summed E-state index contributed by atoms with van der Waals surface area (Å²) in [6.45, 7) is 5.04. The van der Waals surface area contributed by atoms with Gasteiger partial charge >= 0.3 is 5.97 Å². The fraction of sp³-hybridized carbons (Fsp3) is 0.429. The minimum Gasteiger partial charge on any atom is -0.448 e. The van der Waals surface area contributed by atoms with Crippen molar-refractivity contribution >= 4 is 23.6 Å². The molecule has 2 aliphatic heterocycles. The maximum atomic E-state index is 13.6. The second kappa shape index (κ2) is 11.9. The Morgan fingerprint density at radius 3 is 2.29 bits per heavy atom. The van der Waals surface area contributed by atoms with Gasteiger partial charge in [0.2, 0.25) is 5.91 Å². The molecule has 1 N–H and O–H groups in total. The summed E-state index contributed by atoms with van der Waals surface area (Å²) in [6.07, 6.45) is 1.13. The van der Waals surface area contributed by atoms with E-state index in [2.05, 4.69) is 0 Å². The molecule has 35 heavy (non-hydrogen) atoms. The molecule has 6 nitrogen and oxygen atoms in total. The van der Waals surface area contributed by atoms with Gasteiger partial charge in [0.1, 0.15) is 5.70 Å². The predicted molar refractivity (Wildman–Crippen MR) is 136 cm³/mol. The van der Waals surface area contributed by atoms with Crippen molar-refractivity contribution < 1.29 is 24.2 Å². The Balaban J connectivity index is 1.56. The second-order valence-corrected chi connectivity index (χ2v) is 10.1. The molecule has 2 aliphatic rings. The first-order valence-electron chi connectivity index (χ1n) is 12.3. The molecule has 0 saturated carbocycles. The molecule has 7 heteroatoms. The summed E-state index contributed by atoms with van der Waals surface area (Å²) in [4.78, 5) is 29.0. The van der Waals surface area contributed by atoms with Gasteiger partial charge in [-0.2, -0.15) is 0 Å². The van der Waals surface area contributed by atoms with Crippen molar-refractivity contribution in [2.75, 3.05) is 19.0 Å². The molecule has 3 atom stereocenters. The molecular formula is C28H33NO5S. The summed E-state index contributed by atoms with van der Waals surface area (Å²) in [6, 6.07) is 19.1. The van der Waals surface area contributed by atoms with E-state index in [4.69, 9.17) is 9.47 Å². The van der Waals surface area contributed by atoms with Gasteiger partial charge in [-0.25, -0.2) is 4.79 Å². The molecule has 4 rings (SSSR count). The number of esters is 1. The Morgan fingerprint density at radius 2 is 1.71 bits per heavy atom. The van der Waals surface area contributed by atoms with Crippen LogP contribution in [0.3, 0.4) is 0 Å². The third-order valence-electron chi connectivity index (χ3n) is 6.47. The number of thioether (sulfide) groups is 1. The quantitative estimate of drug-likeness (QED) is 0.262. The minimum atomic E-state index is -0.752. The van der Waals surface area contributed by atoms with Crippen LogP contribution >= 0.6 is 11.8 Å². The van der Waals surface area contributed by atoms with Crippen molar-refractivity contribution in [2.45, 2.75) is 51.4 Å². The number of rotatable bonds is 12. The SMILES string of the molecule is CCOCCCCSC1=C(C(=O)OC(c2ccccc2)c2ccccc2)N2C(=O)C(C(C)O)C2C1. The third-order valence-corrected chi connectivity index (χ3v) is 7.68. The Hall–Kier alpha value is -2.61. The van der Waals surface area contributed by atoms with Crippen LogP contribution in [-0.4, -0.2) is 53.0 Å². The second-order valence-electron chi connectivity index (χ2n) is 8.88. The first kappa shape index (κ1) is 25.5. The molecule has 0 radical (unpaired) electrons. The van der Waals surface area contributed by atoms with E-state index in [1.54, 1.807) is 23.6 Å². The summed E-state index contributed by atoms with van der Waals surface area (Å²) in [5.74, 6) is -0.360. The lowest BCUT2D eigenvalue weighted by atomic mass is 9.83. The highest BCUT2D eigenvalue weighted by Crippen LogP contribution is 2.48. The van der Waals surface area contributed by atoms with Crippen molar-refractivity contribution in [2.24, 2.45) is 5.92 Å². The largest absolute Gasteiger partial charge is 0.448 e. The molecular weight excluding hydrogens is 462 g/mol. The van der Waals surface area contributed by atoms with E-state index >= 15 is 0 Å². The smallest absolute Gasteiger partial charge is 0.356 e. The van der Waals surface area contributed by atoms with E-state index in [0.717, 1.165) is 41.2 Å². The molecule has 2 heterocycles. The van der Waals surface area contributed by atoms with E-state index in [9.17, 15) is 14.7 Å². The van der Waals surface area contributed by atoms with Gasteiger partial charge < -0.3 is 19.5 Å². The van der Waals surface area contributed by atoms with Gasteiger partial charge in [-0.15, -0.1) is 11.8 Å².